The van der Waals surface area contributed by atoms with Crippen LogP contribution < -0.4 is 0 Å². The van der Waals surface area contributed by atoms with Gasteiger partial charge in [-0.25, -0.2) is 8.42 Å². The van der Waals surface area contributed by atoms with Gasteiger partial charge in [0.1, 0.15) is 0 Å². The van der Waals surface area contributed by atoms with E-state index in [0.717, 1.165) is 0 Å². The van der Waals surface area contributed by atoms with Gasteiger partial charge in [-0.05, 0) is 0 Å². The summed E-state index contributed by atoms with van der Waals surface area (Å²) in [6.07, 6.45) is 8.49. The molecule has 0 aliphatic heterocycles. The number of hydrogen-bond donors (Lipinski definition) is 2. The van der Waals surface area contributed by atoms with E-state index in [4.69, 9.17) is 13.0 Å². The molecule has 1 N–H and O–H groups in total. The second-order valence-corrected chi connectivity index (χ2v) is 3.13. The molecule has 0 atom stereocenters. The number of thiol groups is 1. The molecular formula is C8H21FO3S. The standard InChI is InChI=1S/C8H18.FH.H2O3S/c1-3-5-7-8-6-4-2;;1-4(2)3/h3-8H2,1-2H3;1H;4H,(H,1,2,3). The third-order valence-corrected chi connectivity index (χ3v) is 1.46. The molecule has 0 aliphatic carbocycles. The van der Waals surface area contributed by atoms with Crippen molar-refractivity contribution in [1.29, 1.82) is 0 Å². The highest BCUT2D eigenvalue weighted by molar-refractivity contribution is 7.66. The summed E-state index contributed by atoms with van der Waals surface area (Å²) in [5, 5.41) is 0. The zero-order valence-corrected chi connectivity index (χ0v) is 9.26. The van der Waals surface area contributed by atoms with Gasteiger partial charge in [-0.1, -0.05) is 52.4 Å². The van der Waals surface area contributed by atoms with E-state index in [1.54, 1.807) is 0 Å². The Morgan fingerprint density at radius 1 is 0.923 bits per heavy atom. The molecule has 0 bridgehead atoms. The monoisotopic (exact) mass is 216 g/mol. The predicted octanol–water partition coefficient (Wildman–Crippen LogP) is 2.59. The SMILES string of the molecule is CCCCCCCC.F.O=[SH](=O)O. The van der Waals surface area contributed by atoms with Crippen LogP contribution in [-0.4, -0.2) is 13.0 Å². The van der Waals surface area contributed by atoms with Gasteiger partial charge in [0, 0.05) is 0 Å². The van der Waals surface area contributed by atoms with E-state index in [2.05, 4.69) is 13.8 Å². The smallest absolute Gasteiger partial charge is 0.254 e. The molecule has 0 spiro atoms. The molecule has 0 unspecified atom stereocenters. The molecule has 0 aromatic rings. The quantitative estimate of drug-likeness (QED) is 0.422. The fourth-order valence-corrected chi connectivity index (χ4v) is 0.854. The minimum Gasteiger partial charge on any atom is -0.288 e. The van der Waals surface area contributed by atoms with E-state index in [0.29, 0.717) is 0 Å². The molecule has 84 valence electrons. The van der Waals surface area contributed by atoms with Crippen molar-refractivity contribution in [3.05, 3.63) is 0 Å². The first kappa shape index (κ1) is 18.6. The van der Waals surface area contributed by atoms with E-state index in [1.807, 2.05) is 0 Å². The summed E-state index contributed by atoms with van der Waals surface area (Å²) >= 11 is 0. The van der Waals surface area contributed by atoms with Crippen molar-refractivity contribution in [2.45, 2.75) is 52.4 Å². The van der Waals surface area contributed by atoms with E-state index in [-0.39, 0.29) is 4.70 Å². The summed E-state index contributed by atoms with van der Waals surface area (Å²) < 4.78 is 24.2. The van der Waals surface area contributed by atoms with Crippen molar-refractivity contribution in [3.63, 3.8) is 0 Å². The van der Waals surface area contributed by atoms with Crippen molar-refractivity contribution in [3.8, 4) is 0 Å². The van der Waals surface area contributed by atoms with Gasteiger partial charge < -0.3 is 0 Å². The van der Waals surface area contributed by atoms with Crippen molar-refractivity contribution >= 4 is 11.0 Å². The average Bonchev–Trinajstić information content (AvgIpc) is 1.97. The molecule has 0 fully saturated rings. The number of halogens is 1. The first-order chi connectivity index (χ1) is 5.65. The molecule has 0 saturated heterocycles. The Kier molecular flexibility index (Phi) is 25.5. The van der Waals surface area contributed by atoms with Crippen LogP contribution in [0.4, 0.5) is 4.70 Å². The molecule has 0 aromatic heterocycles. The Hall–Kier alpha value is -0.160. The minimum absolute atomic E-state index is 0. The Bertz CT molecular complexity index is 123. The van der Waals surface area contributed by atoms with Crippen LogP contribution in [0.1, 0.15) is 52.4 Å². The Morgan fingerprint density at radius 2 is 1.15 bits per heavy atom. The molecule has 0 radical (unpaired) electrons. The fourth-order valence-electron chi connectivity index (χ4n) is 0.854. The maximum Gasteiger partial charge on any atom is 0.254 e. The normalized spacial score (nSPS) is 8.62. The summed E-state index contributed by atoms with van der Waals surface area (Å²) in [7, 11) is -3.12. The lowest BCUT2D eigenvalue weighted by Gasteiger charge is -1.93. The zero-order chi connectivity index (χ0) is 9.82. The third-order valence-electron chi connectivity index (χ3n) is 1.46. The lowest BCUT2D eigenvalue weighted by Crippen LogP contribution is -1.73. The van der Waals surface area contributed by atoms with Crippen LogP contribution >= 0.6 is 0 Å². The number of unbranched alkanes of at least 4 members (excludes halogenated alkanes) is 5. The molecule has 3 nitrogen and oxygen atoms in total. The lowest BCUT2D eigenvalue weighted by molar-refractivity contribution is 0.509. The summed E-state index contributed by atoms with van der Waals surface area (Å²) in [4.78, 5) is 0. The van der Waals surface area contributed by atoms with Crippen LogP contribution in [0, 0.1) is 0 Å². The van der Waals surface area contributed by atoms with Gasteiger partial charge in [0.05, 0.1) is 0 Å². The molecule has 0 aromatic carbocycles. The Balaban J connectivity index is -0.000000173. The van der Waals surface area contributed by atoms with Crippen molar-refractivity contribution in [2.75, 3.05) is 0 Å². The van der Waals surface area contributed by atoms with Crippen molar-refractivity contribution in [2.24, 2.45) is 0 Å². The highest BCUT2D eigenvalue weighted by atomic mass is 32.2. The maximum atomic E-state index is 8.59. The van der Waals surface area contributed by atoms with E-state index in [9.17, 15) is 0 Å². The maximum absolute atomic E-state index is 8.59. The van der Waals surface area contributed by atoms with E-state index in [1.165, 1.54) is 38.5 Å². The van der Waals surface area contributed by atoms with Gasteiger partial charge in [0.25, 0.3) is 11.0 Å². The summed E-state index contributed by atoms with van der Waals surface area (Å²) in [6.45, 7) is 4.51. The number of rotatable bonds is 5. The average molecular weight is 216 g/mol. The van der Waals surface area contributed by atoms with Gasteiger partial charge in [-0.15, -0.1) is 0 Å². The largest absolute Gasteiger partial charge is 0.288 e. The Morgan fingerprint density at radius 3 is 1.31 bits per heavy atom. The second kappa shape index (κ2) is 17.8. The van der Waals surface area contributed by atoms with E-state index < -0.39 is 11.0 Å². The molecule has 0 aliphatic rings. The molecule has 0 rings (SSSR count). The third kappa shape index (κ3) is 48.9. The summed E-state index contributed by atoms with van der Waals surface area (Å²) in [5.74, 6) is 0. The summed E-state index contributed by atoms with van der Waals surface area (Å²) in [5.41, 5.74) is 0. The highest BCUT2D eigenvalue weighted by Crippen LogP contribution is 2.03. The predicted molar refractivity (Wildman–Crippen MR) is 54.5 cm³/mol. The molecule has 13 heavy (non-hydrogen) atoms. The van der Waals surface area contributed by atoms with Crippen molar-refractivity contribution in [1.82, 2.24) is 0 Å². The molecule has 5 heteroatoms. The minimum atomic E-state index is -3.12. The van der Waals surface area contributed by atoms with Gasteiger partial charge >= 0.3 is 0 Å². The van der Waals surface area contributed by atoms with Crippen LogP contribution in [0.2, 0.25) is 0 Å². The van der Waals surface area contributed by atoms with Gasteiger partial charge in [0.15, 0.2) is 0 Å². The molecule has 0 saturated carbocycles. The van der Waals surface area contributed by atoms with Crippen LogP contribution in [0.3, 0.4) is 0 Å². The summed E-state index contributed by atoms with van der Waals surface area (Å²) in [6, 6.07) is 0. The van der Waals surface area contributed by atoms with Gasteiger partial charge in [0.2, 0.25) is 0 Å². The van der Waals surface area contributed by atoms with Gasteiger partial charge in [-0.2, -0.15) is 0 Å². The second-order valence-electron chi connectivity index (χ2n) is 2.65. The van der Waals surface area contributed by atoms with Crippen LogP contribution in [0.5, 0.6) is 0 Å². The first-order valence-corrected chi connectivity index (χ1v) is 5.61. The zero-order valence-electron chi connectivity index (χ0n) is 8.36. The number of hydrogen-bond acceptors (Lipinski definition) is 2. The van der Waals surface area contributed by atoms with Crippen LogP contribution in [0.15, 0.2) is 0 Å². The lowest BCUT2D eigenvalue weighted by atomic mass is 10.1. The molecule has 0 amide bonds. The van der Waals surface area contributed by atoms with Crippen LogP contribution in [-0.2, 0) is 11.0 Å². The van der Waals surface area contributed by atoms with Crippen LogP contribution in [0.25, 0.3) is 0 Å². The molecular weight excluding hydrogens is 195 g/mol. The Labute approximate surface area is 81.7 Å². The first-order valence-electron chi connectivity index (χ1n) is 4.48. The topological polar surface area (TPSA) is 54.4 Å². The fraction of sp³-hybridized carbons (Fsp3) is 1.00. The van der Waals surface area contributed by atoms with Crippen molar-refractivity contribution < 1.29 is 17.7 Å². The highest BCUT2D eigenvalue weighted by Gasteiger charge is 1.83. The van der Waals surface area contributed by atoms with Gasteiger partial charge in [-0.3, -0.25) is 9.26 Å². The van der Waals surface area contributed by atoms with E-state index >= 15 is 0 Å². The molecule has 0 heterocycles.